The molecule has 8 heteroatoms. The summed E-state index contributed by atoms with van der Waals surface area (Å²) in [6, 6.07) is 7.18. The van der Waals surface area contributed by atoms with Gasteiger partial charge in [-0.25, -0.2) is 14.2 Å². The van der Waals surface area contributed by atoms with Crippen LogP contribution in [0.3, 0.4) is 0 Å². The maximum absolute atomic E-state index is 14.1. The Morgan fingerprint density at radius 3 is 2.78 bits per heavy atom. The van der Waals surface area contributed by atoms with Gasteiger partial charge in [-0.2, -0.15) is 5.10 Å². The Morgan fingerprint density at radius 1 is 1.31 bits per heavy atom. The summed E-state index contributed by atoms with van der Waals surface area (Å²) in [6.45, 7) is 6.33. The van der Waals surface area contributed by atoms with Crippen molar-refractivity contribution in [3.05, 3.63) is 53.1 Å². The maximum atomic E-state index is 14.1. The molecule has 1 saturated heterocycles. The molecule has 32 heavy (non-hydrogen) atoms. The Labute approximate surface area is 184 Å². The molecule has 3 aromatic heterocycles. The Bertz CT molecular complexity index is 1330. The molecule has 2 atom stereocenters. The van der Waals surface area contributed by atoms with Gasteiger partial charge < -0.3 is 14.4 Å². The molecule has 0 aliphatic carbocycles. The van der Waals surface area contributed by atoms with Gasteiger partial charge in [0.05, 0.1) is 23.8 Å². The van der Waals surface area contributed by atoms with Crippen LogP contribution < -0.4 is 0 Å². The van der Waals surface area contributed by atoms with Gasteiger partial charge in [-0.15, -0.1) is 0 Å². The number of aromatic nitrogens is 4. The lowest BCUT2D eigenvalue weighted by molar-refractivity contribution is -0.153. The molecule has 166 valence electrons. The molecular formula is C24H25FN4O3. The lowest BCUT2D eigenvalue weighted by atomic mass is 9.88. The van der Waals surface area contributed by atoms with E-state index in [1.54, 1.807) is 19.2 Å². The fraction of sp³-hybridized carbons (Fsp3) is 0.375. The quantitative estimate of drug-likeness (QED) is 0.478. The molecule has 4 aromatic rings. The second-order valence-electron chi connectivity index (χ2n) is 8.82. The number of ether oxygens (including phenoxy) is 1. The zero-order valence-corrected chi connectivity index (χ0v) is 18.2. The summed E-state index contributed by atoms with van der Waals surface area (Å²) in [5.41, 5.74) is 6.05. The Morgan fingerprint density at radius 2 is 2.12 bits per heavy atom. The number of aromatic amines is 1. The van der Waals surface area contributed by atoms with E-state index in [-0.39, 0.29) is 17.7 Å². The van der Waals surface area contributed by atoms with E-state index in [9.17, 15) is 14.3 Å². The van der Waals surface area contributed by atoms with Crippen LogP contribution in [0.25, 0.3) is 27.8 Å². The molecule has 1 aliphatic rings. The van der Waals surface area contributed by atoms with Gasteiger partial charge in [0.25, 0.3) is 0 Å². The number of carboxylic acid groups (broad SMARTS) is 1. The summed E-state index contributed by atoms with van der Waals surface area (Å²) in [7, 11) is 0. The minimum absolute atomic E-state index is 0.0150. The van der Waals surface area contributed by atoms with E-state index in [0.29, 0.717) is 30.7 Å². The summed E-state index contributed by atoms with van der Waals surface area (Å²) in [6.07, 6.45) is 2.12. The third kappa shape index (κ3) is 3.26. The van der Waals surface area contributed by atoms with E-state index in [1.165, 1.54) is 6.07 Å². The van der Waals surface area contributed by atoms with Crippen LogP contribution in [0.4, 0.5) is 4.39 Å². The second-order valence-corrected chi connectivity index (χ2v) is 8.82. The van der Waals surface area contributed by atoms with Gasteiger partial charge in [0, 0.05) is 28.2 Å². The average molecular weight is 436 g/mol. The zero-order valence-electron chi connectivity index (χ0n) is 18.2. The van der Waals surface area contributed by atoms with Gasteiger partial charge in [-0.1, -0.05) is 13.8 Å². The van der Waals surface area contributed by atoms with Crippen LogP contribution in [0.1, 0.15) is 55.3 Å². The summed E-state index contributed by atoms with van der Waals surface area (Å²) in [5.74, 6) is -0.999. The lowest BCUT2D eigenvalue weighted by Crippen LogP contribution is -2.31. The third-order valence-electron chi connectivity index (χ3n) is 6.33. The molecule has 1 fully saturated rings. The van der Waals surface area contributed by atoms with E-state index in [2.05, 4.69) is 34.7 Å². The SMILES string of the molecule is Cc1cc(-n2c(C(C)C)c([C@@H]3CC[C@@H](C(=O)O)OC3)c3nc4[nH]ncc4cc32)ccc1F. The number of nitrogens with one attached hydrogen (secondary N) is 1. The Balaban J connectivity index is 1.78. The molecule has 0 bridgehead atoms. The van der Waals surface area contributed by atoms with E-state index in [0.717, 1.165) is 33.4 Å². The van der Waals surface area contributed by atoms with Crippen molar-refractivity contribution >= 4 is 28.0 Å². The molecule has 1 aromatic carbocycles. The molecule has 5 rings (SSSR count). The average Bonchev–Trinajstić information content (AvgIpc) is 3.36. The lowest BCUT2D eigenvalue weighted by Gasteiger charge is -2.28. The predicted octanol–water partition coefficient (Wildman–Crippen LogP) is 4.82. The van der Waals surface area contributed by atoms with Crippen molar-refractivity contribution in [2.24, 2.45) is 0 Å². The number of H-pyrrole nitrogens is 1. The topological polar surface area (TPSA) is 93.0 Å². The standard InChI is InChI=1S/C24H25FN4O3/c1-12(2)22-20(14-4-7-19(24(30)31)32-11-14)21-18(9-15-10-26-28-23(15)27-21)29(22)16-5-6-17(25)13(3)8-16/h5-6,8-10,12,14,19H,4,7,11H2,1-3H3,(H,30,31)(H,26,27,28)/t14-,19+/m1/s1. The van der Waals surface area contributed by atoms with Crippen LogP contribution in [0, 0.1) is 12.7 Å². The van der Waals surface area contributed by atoms with Crippen molar-refractivity contribution in [3.63, 3.8) is 0 Å². The molecule has 0 unspecified atom stereocenters. The molecular weight excluding hydrogens is 411 g/mol. The van der Waals surface area contributed by atoms with Crippen molar-refractivity contribution in [1.29, 1.82) is 0 Å². The van der Waals surface area contributed by atoms with E-state index >= 15 is 0 Å². The maximum Gasteiger partial charge on any atom is 0.332 e. The first-order valence-corrected chi connectivity index (χ1v) is 10.8. The fourth-order valence-electron chi connectivity index (χ4n) is 4.80. The van der Waals surface area contributed by atoms with Crippen LogP contribution in [-0.2, 0) is 9.53 Å². The second kappa shape index (κ2) is 7.70. The number of aliphatic carboxylic acids is 1. The van der Waals surface area contributed by atoms with Crippen molar-refractivity contribution < 1.29 is 19.0 Å². The normalized spacial score (nSPS) is 19.3. The third-order valence-corrected chi connectivity index (χ3v) is 6.33. The van der Waals surface area contributed by atoms with E-state index in [1.807, 2.05) is 6.07 Å². The number of carbonyl (C=O) groups is 1. The van der Waals surface area contributed by atoms with Crippen molar-refractivity contribution in [1.82, 2.24) is 19.7 Å². The van der Waals surface area contributed by atoms with Crippen LogP contribution in [-0.4, -0.2) is 43.5 Å². The number of hydrogen-bond donors (Lipinski definition) is 2. The van der Waals surface area contributed by atoms with Crippen LogP contribution in [0.5, 0.6) is 0 Å². The summed E-state index contributed by atoms with van der Waals surface area (Å²) < 4.78 is 21.9. The molecule has 1 aliphatic heterocycles. The van der Waals surface area contributed by atoms with Gasteiger partial charge in [0.1, 0.15) is 5.82 Å². The van der Waals surface area contributed by atoms with Crippen LogP contribution in [0.2, 0.25) is 0 Å². The number of nitrogens with zero attached hydrogens (tertiary/aromatic N) is 3. The summed E-state index contributed by atoms with van der Waals surface area (Å²) in [4.78, 5) is 16.3. The molecule has 2 N–H and O–H groups in total. The number of carboxylic acids is 1. The number of rotatable bonds is 4. The highest BCUT2D eigenvalue weighted by Crippen LogP contribution is 2.41. The van der Waals surface area contributed by atoms with Gasteiger partial charge in [0.2, 0.25) is 0 Å². The molecule has 0 saturated carbocycles. The minimum atomic E-state index is -0.922. The van der Waals surface area contributed by atoms with E-state index in [4.69, 9.17) is 9.72 Å². The first-order valence-electron chi connectivity index (χ1n) is 10.8. The van der Waals surface area contributed by atoms with Crippen molar-refractivity contribution in [2.45, 2.75) is 51.6 Å². The van der Waals surface area contributed by atoms with Gasteiger partial charge in [0.15, 0.2) is 11.8 Å². The molecule has 4 heterocycles. The number of benzene rings is 1. The van der Waals surface area contributed by atoms with Gasteiger partial charge in [-0.05, 0) is 55.5 Å². The fourth-order valence-corrected chi connectivity index (χ4v) is 4.80. The number of hydrogen-bond acceptors (Lipinski definition) is 4. The molecule has 0 amide bonds. The van der Waals surface area contributed by atoms with E-state index < -0.39 is 12.1 Å². The summed E-state index contributed by atoms with van der Waals surface area (Å²) >= 11 is 0. The highest BCUT2D eigenvalue weighted by Gasteiger charge is 2.33. The zero-order chi connectivity index (χ0) is 22.6. The smallest absolute Gasteiger partial charge is 0.332 e. The molecule has 7 nitrogen and oxygen atoms in total. The molecule has 0 spiro atoms. The van der Waals surface area contributed by atoms with Crippen molar-refractivity contribution in [2.75, 3.05) is 6.61 Å². The van der Waals surface area contributed by atoms with Crippen molar-refractivity contribution in [3.8, 4) is 5.69 Å². The highest BCUT2D eigenvalue weighted by atomic mass is 19.1. The summed E-state index contributed by atoms with van der Waals surface area (Å²) in [5, 5.41) is 17.3. The number of aryl methyl sites for hydroxylation is 1. The van der Waals surface area contributed by atoms with Crippen LogP contribution in [0.15, 0.2) is 30.5 Å². The first-order chi connectivity index (χ1) is 15.3. The minimum Gasteiger partial charge on any atom is -0.479 e. The first kappa shape index (κ1) is 20.6. The number of pyridine rings is 1. The number of halogens is 1. The van der Waals surface area contributed by atoms with Gasteiger partial charge >= 0.3 is 5.97 Å². The monoisotopic (exact) mass is 436 g/mol. The Kier molecular flexibility index (Phi) is 4.97. The predicted molar refractivity (Wildman–Crippen MR) is 119 cm³/mol. The molecule has 0 radical (unpaired) electrons. The van der Waals surface area contributed by atoms with Gasteiger partial charge in [-0.3, -0.25) is 5.10 Å². The number of fused-ring (bicyclic) bond motifs is 2. The largest absolute Gasteiger partial charge is 0.479 e. The Hall–Kier alpha value is -3.26. The highest BCUT2D eigenvalue weighted by molar-refractivity contribution is 5.93. The van der Waals surface area contributed by atoms with Crippen LogP contribution >= 0.6 is 0 Å².